The first-order valence-electron chi connectivity index (χ1n) is 11.1. The number of fused-ring (bicyclic) bond motifs is 2. The molecule has 5 heterocycles. The lowest BCUT2D eigenvalue weighted by Gasteiger charge is -2.30. The van der Waals surface area contributed by atoms with Crippen molar-refractivity contribution in [2.45, 2.75) is 19.3 Å². The second kappa shape index (κ2) is 8.85. The molecule has 0 radical (unpaired) electrons. The Labute approximate surface area is 190 Å². The maximum Gasteiger partial charge on any atom is 0.245 e. The molecule has 2 N–H and O–H groups in total. The van der Waals surface area contributed by atoms with Gasteiger partial charge in [-0.15, -0.1) is 0 Å². The van der Waals surface area contributed by atoms with E-state index in [0.717, 1.165) is 33.4 Å². The molecule has 4 aromatic heterocycles. The fourth-order valence-electron chi connectivity index (χ4n) is 4.45. The fourth-order valence-corrected chi connectivity index (χ4v) is 4.45. The van der Waals surface area contributed by atoms with Crippen LogP contribution in [0.1, 0.15) is 18.5 Å². The van der Waals surface area contributed by atoms with Gasteiger partial charge < -0.3 is 15.2 Å². The monoisotopic (exact) mass is 443 g/mol. The molecule has 0 bridgehead atoms. The summed E-state index contributed by atoms with van der Waals surface area (Å²) in [4.78, 5) is 33.8. The predicted octanol–water partition coefficient (Wildman–Crippen LogP) is 2.36. The van der Waals surface area contributed by atoms with Crippen LogP contribution in [0.3, 0.4) is 0 Å². The number of aromatic amines is 1. The molecule has 0 saturated carbocycles. The Balaban J connectivity index is 1.24. The number of hydrogen-bond acceptors (Lipinski definition) is 5. The molecule has 9 nitrogen and oxygen atoms in total. The van der Waals surface area contributed by atoms with Crippen molar-refractivity contribution >= 4 is 28.4 Å². The molecule has 0 atom stereocenters. The third-order valence-corrected chi connectivity index (χ3v) is 6.23. The summed E-state index contributed by atoms with van der Waals surface area (Å²) in [7, 11) is 0. The van der Waals surface area contributed by atoms with Crippen molar-refractivity contribution in [3.05, 3.63) is 61.2 Å². The van der Waals surface area contributed by atoms with Gasteiger partial charge >= 0.3 is 0 Å². The summed E-state index contributed by atoms with van der Waals surface area (Å²) < 4.78 is 1.61. The highest BCUT2D eigenvalue weighted by Crippen LogP contribution is 2.30. The van der Waals surface area contributed by atoms with Crippen LogP contribution in [-0.2, 0) is 16.0 Å². The van der Waals surface area contributed by atoms with Crippen molar-refractivity contribution in [2.75, 3.05) is 19.6 Å². The van der Waals surface area contributed by atoms with Crippen molar-refractivity contribution in [1.82, 2.24) is 35.0 Å². The molecule has 33 heavy (non-hydrogen) atoms. The summed E-state index contributed by atoms with van der Waals surface area (Å²) in [5.74, 6) is -0.0745. The molecular weight excluding hydrogens is 418 g/mol. The average Bonchev–Trinajstić information content (AvgIpc) is 3.47. The molecule has 5 rings (SSSR count). The Bertz CT molecular complexity index is 1330. The molecule has 1 aliphatic heterocycles. The number of H-pyrrole nitrogens is 1. The summed E-state index contributed by atoms with van der Waals surface area (Å²) >= 11 is 0. The zero-order chi connectivity index (χ0) is 22.8. The van der Waals surface area contributed by atoms with Gasteiger partial charge in [0.2, 0.25) is 11.8 Å². The molecule has 0 spiro atoms. The van der Waals surface area contributed by atoms with Crippen LogP contribution in [0.5, 0.6) is 0 Å². The number of hydrogen-bond donors (Lipinski definition) is 2. The van der Waals surface area contributed by atoms with Gasteiger partial charge in [-0.3, -0.25) is 9.59 Å². The number of aromatic nitrogens is 5. The minimum absolute atomic E-state index is 0.0504. The number of likely N-dealkylation sites (tertiary alicyclic amines) is 1. The van der Waals surface area contributed by atoms with Crippen LogP contribution in [0, 0.1) is 5.92 Å². The summed E-state index contributed by atoms with van der Waals surface area (Å²) in [5, 5.41) is 12.6. The molecule has 1 fully saturated rings. The van der Waals surface area contributed by atoms with Gasteiger partial charge in [0, 0.05) is 61.0 Å². The molecule has 1 saturated heterocycles. The van der Waals surface area contributed by atoms with Gasteiger partial charge in [-0.25, -0.2) is 4.98 Å². The van der Waals surface area contributed by atoms with E-state index in [4.69, 9.17) is 0 Å². The van der Waals surface area contributed by atoms with Gasteiger partial charge in [-0.05, 0) is 48.7 Å². The van der Waals surface area contributed by atoms with Gasteiger partial charge in [-0.2, -0.15) is 14.8 Å². The minimum atomic E-state index is -0.0685. The number of rotatable bonds is 6. The maximum atomic E-state index is 12.6. The van der Waals surface area contributed by atoms with E-state index in [0.29, 0.717) is 38.9 Å². The van der Waals surface area contributed by atoms with Crippen molar-refractivity contribution in [3.8, 4) is 11.1 Å². The lowest BCUT2D eigenvalue weighted by molar-refractivity contribution is -0.132. The number of nitrogens with one attached hydrogen (secondary N) is 2. The Morgan fingerprint density at radius 2 is 2.03 bits per heavy atom. The normalized spacial score (nSPS) is 14.6. The lowest BCUT2D eigenvalue weighted by Crippen LogP contribution is -2.42. The van der Waals surface area contributed by atoms with E-state index in [9.17, 15) is 9.59 Å². The van der Waals surface area contributed by atoms with Crippen molar-refractivity contribution in [3.63, 3.8) is 0 Å². The van der Waals surface area contributed by atoms with E-state index in [2.05, 4.69) is 38.1 Å². The molecule has 0 aliphatic carbocycles. The largest absolute Gasteiger partial charge is 0.355 e. The topological polar surface area (TPSA) is 108 Å². The second-order valence-corrected chi connectivity index (χ2v) is 8.22. The zero-order valence-electron chi connectivity index (χ0n) is 18.2. The highest BCUT2D eigenvalue weighted by atomic mass is 16.2. The van der Waals surface area contributed by atoms with Gasteiger partial charge in [0.1, 0.15) is 5.65 Å². The molecular formula is C24H25N7O2. The second-order valence-electron chi connectivity index (χ2n) is 8.22. The zero-order valence-corrected chi connectivity index (χ0v) is 18.2. The number of nitrogens with zero attached hydrogens (tertiary/aromatic N) is 5. The number of carbonyl (C=O) groups excluding carboxylic acids is 2. The van der Waals surface area contributed by atoms with E-state index >= 15 is 0 Å². The van der Waals surface area contributed by atoms with Crippen LogP contribution in [0.4, 0.5) is 0 Å². The first-order valence-corrected chi connectivity index (χ1v) is 11.1. The molecule has 0 aromatic carbocycles. The molecule has 0 unspecified atom stereocenters. The van der Waals surface area contributed by atoms with E-state index in [1.54, 1.807) is 21.9 Å². The Morgan fingerprint density at radius 1 is 1.18 bits per heavy atom. The first kappa shape index (κ1) is 20.9. The van der Waals surface area contributed by atoms with E-state index in [-0.39, 0.29) is 17.7 Å². The molecule has 4 aromatic rings. The summed E-state index contributed by atoms with van der Waals surface area (Å²) in [5.41, 5.74) is 4.77. The summed E-state index contributed by atoms with van der Waals surface area (Å²) in [6.07, 6.45) is 8.66. The Kier molecular flexibility index (Phi) is 5.60. The van der Waals surface area contributed by atoms with Crippen molar-refractivity contribution in [1.29, 1.82) is 0 Å². The number of carbonyl (C=O) groups is 2. The Morgan fingerprint density at radius 3 is 2.85 bits per heavy atom. The van der Waals surface area contributed by atoms with E-state index < -0.39 is 0 Å². The smallest absolute Gasteiger partial charge is 0.245 e. The third-order valence-electron chi connectivity index (χ3n) is 6.23. The fraction of sp³-hybridized carbons (Fsp3) is 0.292. The van der Waals surface area contributed by atoms with Gasteiger partial charge in [0.05, 0.1) is 11.7 Å². The van der Waals surface area contributed by atoms with Crippen molar-refractivity contribution in [2.24, 2.45) is 5.92 Å². The van der Waals surface area contributed by atoms with Gasteiger partial charge in [0.25, 0.3) is 0 Å². The third kappa shape index (κ3) is 4.09. The molecule has 1 aliphatic rings. The standard InChI is InChI=1S/C24H25N7O2/c1-2-22(32)30-12-7-16(8-13-30)24(33)26-10-5-17-14-19-18(6-11-25-23(19)29-17)20-15-28-31-21(20)4-3-9-27-31/h2-4,6,9,11,14-16H,1,5,7-8,10,12-13H2,(H,25,29)(H,26,33). The van der Waals surface area contributed by atoms with Crippen LogP contribution < -0.4 is 5.32 Å². The maximum absolute atomic E-state index is 12.6. The first-order chi connectivity index (χ1) is 16.1. The highest BCUT2D eigenvalue weighted by Gasteiger charge is 2.26. The average molecular weight is 444 g/mol. The van der Waals surface area contributed by atoms with Crippen LogP contribution in [-0.4, -0.2) is 61.1 Å². The van der Waals surface area contributed by atoms with Crippen LogP contribution in [0.2, 0.25) is 0 Å². The van der Waals surface area contributed by atoms with Gasteiger partial charge in [0.15, 0.2) is 0 Å². The predicted molar refractivity (Wildman–Crippen MR) is 124 cm³/mol. The molecule has 168 valence electrons. The Hall–Kier alpha value is -4.01. The molecule has 9 heteroatoms. The van der Waals surface area contributed by atoms with E-state index in [1.165, 1.54) is 6.08 Å². The number of amides is 2. The highest BCUT2D eigenvalue weighted by molar-refractivity contribution is 5.97. The summed E-state index contributed by atoms with van der Waals surface area (Å²) in [6, 6.07) is 7.95. The van der Waals surface area contributed by atoms with Crippen LogP contribution >= 0.6 is 0 Å². The number of pyridine rings is 1. The van der Waals surface area contributed by atoms with Crippen molar-refractivity contribution < 1.29 is 9.59 Å². The van der Waals surface area contributed by atoms with Crippen LogP contribution in [0.25, 0.3) is 27.7 Å². The van der Waals surface area contributed by atoms with E-state index in [1.807, 2.05) is 24.4 Å². The molecule has 2 amide bonds. The lowest BCUT2D eigenvalue weighted by atomic mass is 9.96. The number of piperidine rings is 1. The van der Waals surface area contributed by atoms with Crippen LogP contribution in [0.15, 0.2) is 55.5 Å². The summed E-state index contributed by atoms with van der Waals surface area (Å²) in [6.45, 7) is 5.25. The quantitative estimate of drug-likeness (QED) is 0.445. The minimum Gasteiger partial charge on any atom is -0.355 e. The van der Waals surface area contributed by atoms with Gasteiger partial charge in [-0.1, -0.05) is 6.58 Å². The SMILES string of the molecule is C=CC(=O)N1CCC(C(=O)NCCc2cc3c(-c4cnn5ncccc45)ccnc3[nH]2)CC1.